The molecule has 0 aliphatic heterocycles. The molecule has 0 aliphatic carbocycles. The van der Waals surface area contributed by atoms with Crippen molar-refractivity contribution >= 4 is 38.9 Å². The number of nitrogens with one attached hydrogen (secondary N) is 2. The van der Waals surface area contributed by atoms with E-state index in [0.717, 1.165) is 5.56 Å². The molecule has 0 heterocycles. The zero-order chi connectivity index (χ0) is 20.9. The zero-order valence-corrected chi connectivity index (χ0v) is 17.1. The van der Waals surface area contributed by atoms with E-state index in [1.807, 2.05) is 18.2 Å². The maximum absolute atomic E-state index is 12.5. The van der Waals surface area contributed by atoms with Gasteiger partial charge < -0.3 is 10.1 Å². The number of rotatable bonds is 7. The van der Waals surface area contributed by atoms with Crippen molar-refractivity contribution < 1.29 is 17.9 Å². The fraction of sp³-hybridized carbons (Fsp3) is 0.0952. The highest BCUT2D eigenvalue weighted by Crippen LogP contribution is 2.22. The fourth-order valence-corrected chi connectivity index (χ4v) is 3.86. The third-order valence-corrected chi connectivity index (χ3v) is 5.75. The molecular weight excluding hydrogens is 412 g/mol. The molecule has 29 heavy (non-hydrogen) atoms. The van der Waals surface area contributed by atoms with E-state index in [1.54, 1.807) is 36.4 Å². The summed E-state index contributed by atoms with van der Waals surface area (Å²) in [7, 11) is -2.31. The maximum atomic E-state index is 12.5. The Kier molecular flexibility index (Phi) is 6.53. The topological polar surface area (TPSA) is 84.5 Å². The van der Waals surface area contributed by atoms with Gasteiger partial charge in [0.1, 0.15) is 0 Å². The molecule has 0 radical (unpaired) electrons. The number of carbonyl (C=O) groups is 1. The van der Waals surface area contributed by atoms with Crippen LogP contribution >= 0.6 is 11.6 Å². The first-order chi connectivity index (χ1) is 13.9. The molecular formula is C21H19ClN2O4S. The van der Waals surface area contributed by atoms with Crippen LogP contribution in [0.2, 0.25) is 5.02 Å². The molecule has 0 saturated heterocycles. The summed E-state index contributed by atoms with van der Waals surface area (Å²) in [5.41, 5.74) is 1.58. The van der Waals surface area contributed by atoms with Gasteiger partial charge in [0.05, 0.1) is 4.90 Å². The Morgan fingerprint density at radius 1 is 0.897 bits per heavy atom. The van der Waals surface area contributed by atoms with Gasteiger partial charge in [0.2, 0.25) is 0 Å². The van der Waals surface area contributed by atoms with Crippen LogP contribution < -0.4 is 10.0 Å². The third kappa shape index (κ3) is 5.35. The van der Waals surface area contributed by atoms with E-state index in [9.17, 15) is 13.2 Å². The van der Waals surface area contributed by atoms with E-state index >= 15 is 0 Å². The van der Waals surface area contributed by atoms with Crippen molar-refractivity contribution in [3.8, 4) is 0 Å². The number of ether oxygens (including phenoxy) is 1. The Hall–Kier alpha value is -2.87. The monoisotopic (exact) mass is 430 g/mol. The van der Waals surface area contributed by atoms with E-state index < -0.39 is 16.1 Å². The SMILES string of the molecule is COC(C(=O)Nc1ccc(S(=O)(=O)Nc2ccc(Cl)cc2)cc1)c1ccccc1. The highest BCUT2D eigenvalue weighted by atomic mass is 35.5. The maximum Gasteiger partial charge on any atom is 0.261 e. The normalized spacial score (nSPS) is 12.2. The second-order valence-electron chi connectivity index (χ2n) is 6.15. The second-order valence-corrected chi connectivity index (χ2v) is 8.27. The standard InChI is InChI=1S/C21H19ClN2O4S/c1-28-20(15-5-3-2-4-6-15)21(25)23-17-11-13-19(14-12-17)29(26,27)24-18-9-7-16(22)8-10-18/h2-14,20,24H,1H3,(H,23,25). The molecule has 8 heteroatoms. The van der Waals surface area contributed by atoms with Gasteiger partial charge in [0, 0.05) is 23.5 Å². The highest BCUT2D eigenvalue weighted by molar-refractivity contribution is 7.92. The summed E-state index contributed by atoms with van der Waals surface area (Å²) in [6.07, 6.45) is -0.772. The van der Waals surface area contributed by atoms with Crippen LogP contribution in [0.5, 0.6) is 0 Å². The number of methoxy groups -OCH3 is 1. The molecule has 1 atom stereocenters. The van der Waals surface area contributed by atoms with E-state index in [4.69, 9.17) is 16.3 Å². The third-order valence-electron chi connectivity index (χ3n) is 4.10. The van der Waals surface area contributed by atoms with Crippen molar-refractivity contribution in [2.45, 2.75) is 11.0 Å². The molecule has 1 amide bonds. The minimum absolute atomic E-state index is 0.0665. The number of halogens is 1. The number of carbonyl (C=O) groups excluding carboxylic acids is 1. The van der Waals surface area contributed by atoms with E-state index in [-0.39, 0.29) is 10.8 Å². The average molecular weight is 431 g/mol. The molecule has 0 aliphatic rings. The molecule has 150 valence electrons. The first-order valence-corrected chi connectivity index (χ1v) is 10.5. The summed E-state index contributed by atoms with van der Waals surface area (Å²) in [6.45, 7) is 0. The lowest BCUT2D eigenvalue weighted by Crippen LogP contribution is -2.22. The molecule has 0 spiro atoms. The molecule has 3 rings (SSSR count). The van der Waals surface area contributed by atoms with E-state index in [1.165, 1.54) is 31.4 Å². The van der Waals surface area contributed by atoms with Crippen molar-refractivity contribution in [2.75, 3.05) is 17.1 Å². The van der Waals surface area contributed by atoms with Gasteiger partial charge in [-0.05, 0) is 54.1 Å². The van der Waals surface area contributed by atoms with Crippen molar-refractivity contribution in [2.24, 2.45) is 0 Å². The molecule has 6 nitrogen and oxygen atoms in total. The van der Waals surface area contributed by atoms with Crippen molar-refractivity contribution in [1.82, 2.24) is 0 Å². The van der Waals surface area contributed by atoms with Crippen LogP contribution in [0, 0.1) is 0 Å². The van der Waals surface area contributed by atoms with Gasteiger partial charge in [0.25, 0.3) is 15.9 Å². The fourth-order valence-electron chi connectivity index (χ4n) is 2.68. The van der Waals surface area contributed by atoms with E-state index in [0.29, 0.717) is 16.4 Å². The lowest BCUT2D eigenvalue weighted by Gasteiger charge is -2.16. The highest BCUT2D eigenvalue weighted by Gasteiger charge is 2.20. The molecule has 0 saturated carbocycles. The predicted octanol–water partition coefficient (Wildman–Crippen LogP) is 4.47. The number of hydrogen-bond acceptors (Lipinski definition) is 4. The van der Waals surface area contributed by atoms with Gasteiger partial charge in [-0.1, -0.05) is 41.9 Å². The van der Waals surface area contributed by atoms with Crippen LogP contribution in [0.3, 0.4) is 0 Å². The summed E-state index contributed by atoms with van der Waals surface area (Å²) in [6, 6.07) is 21.3. The molecule has 0 aromatic heterocycles. The molecule has 0 bridgehead atoms. The zero-order valence-electron chi connectivity index (χ0n) is 15.5. The molecule has 3 aromatic carbocycles. The Morgan fingerprint density at radius 3 is 2.07 bits per heavy atom. The summed E-state index contributed by atoms with van der Waals surface area (Å²) in [5, 5.41) is 3.24. The summed E-state index contributed by atoms with van der Waals surface area (Å²) in [4.78, 5) is 12.6. The Labute approximate surface area is 174 Å². The minimum Gasteiger partial charge on any atom is -0.367 e. The Bertz CT molecular complexity index is 1070. The smallest absolute Gasteiger partial charge is 0.261 e. The second kappa shape index (κ2) is 9.09. The summed E-state index contributed by atoms with van der Waals surface area (Å²) >= 11 is 5.81. The van der Waals surface area contributed by atoms with Gasteiger partial charge in [0.15, 0.2) is 6.10 Å². The largest absolute Gasteiger partial charge is 0.367 e. The van der Waals surface area contributed by atoms with Crippen molar-refractivity contribution in [3.63, 3.8) is 0 Å². The van der Waals surface area contributed by atoms with Gasteiger partial charge in [-0.25, -0.2) is 8.42 Å². The van der Waals surface area contributed by atoms with Gasteiger partial charge in [-0.2, -0.15) is 0 Å². The summed E-state index contributed by atoms with van der Waals surface area (Å²) < 4.78 is 32.8. The van der Waals surface area contributed by atoms with Gasteiger partial charge in [-0.15, -0.1) is 0 Å². The number of anilines is 2. The Morgan fingerprint density at radius 2 is 1.48 bits per heavy atom. The lowest BCUT2D eigenvalue weighted by atomic mass is 10.1. The van der Waals surface area contributed by atoms with Crippen LogP contribution in [0.4, 0.5) is 11.4 Å². The van der Waals surface area contributed by atoms with Crippen LogP contribution in [0.25, 0.3) is 0 Å². The van der Waals surface area contributed by atoms with Crippen LogP contribution in [0.15, 0.2) is 83.8 Å². The van der Waals surface area contributed by atoms with Crippen LogP contribution in [-0.4, -0.2) is 21.4 Å². The van der Waals surface area contributed by atoms with Crippen molar-refractivity contribution in [3.05, 3.63) is 89.4 Å². The average Bonchev–Trinajstić information content (AvgIpc) is 2.71. The van der Waals surface area contributed by atoms with Crippen LogP contribution in [-0.2, 0) is 19.6 Å². The predicted molar refractivity (Wildman–Crippen MR) is 114 cm³/mol. The first kappa shape index (κ1) is 20.9. The van der Waals surface area contributed by atoms with Gasteiger partial charge in [-0.3, -0.25) is 9.52 Å². The first-order valence-electron chi connectivity index (χ1n) is 8.66. The molecule has 3 aromatic rings. The minimum atomic E-state index is -3.77. The molecule has 0 fully saturated rings. The number of sulfonamides is 1. The quantitative estimate of drug-likeness (QED) is 0.579. The van der Waals surface area contributed by atoms with Gasteiger partial charge >= 0.3 is 0 Å². The Balaban J connectivity index is 1.70. The molecule has 1 unspecified atom stereocenters. The van der Waals surface area contributed by atoms with E-state index in [2.05, 4.69) is 10.0 Å². The summed E-state index contributed by atoms with van der Waals surface area (Å²) in [5.74, 6) is -0.353. The molecule has 2 N–H and O–H groups in total. The van der Waals surface area contributed by atoms with Crippen LogP contribution in [0.1, 0.15) is 11.7 Å². The number of hydrogen-bond donors (Lipinski definition) is 2. The number of amides is 1. The van der Waals surface area contributed by atoms with Crippen molar-refractivity contribution in [1.29, 1.82) is 0 Å². The number of benzene rings is 3. The lowest BCUT2D eigenvalue weighted by molar-refractivity contribution is -0.126.